The number of halogens is 4. The predicted molar refractivity (Wildman–Crippen MR) is 81.5 cm³/mol. The lowest BCUT2D eigenvalue weighted by Crippen LogP contribution is -2.44. The molecule has 1 aliphatic rings. The highest BCUT2D eigenvalue weighted by Gasteiger charge is 2.20. The Morgan fingerprint density at radius 2 is 1.89 bits per heavy atom. The largest absolute Gasteiger partial charge is 0.314 e. The molecule has 1 atom stereocenters. The normalized spacial score (nSPS) is 17.5. The van der Waals surface area contributed by atoms with Crippen molar-refractivity contribution in [3.63, 3.8) is 0 Å². The Bertz CT molecular complexity index is 373. The first-order chi connectivity index (χ1) is 7.68. The van der Waals surface area contributed by atoms with Gasteiger partial charge in [-0.25, -0.2) is 4.39 Å². The van der Waals surface area contributed by atoms with Crippen LogP contribution in [0.15, 0.2) is 22.7 Å². The van der Waals surface area contributed by atoms with Crippen LogP contribution in [0, 0.1) is 5.82 Å². The topological polar surface area (TPSA) is 15.3 Å². The molecule has 1 saturated heterocycles. The molecule has 1 aromatic carbocycles. The van der Waals surface area contributed by atoms with Gasteiger partial charge in [0.15, 0.2) is 0 Å². The molecule has 0 aliphatic carbocycles. The standard InChI is InChI=1S/C12H16BrFN2.2ClH/c1-9(16-6-4-15-5-7-16)11-8-10(13)2-3-12(11)14;;/h2-3,8-9,15H,4-7H2,1H3;2*1H/t9-;;/m1../s1. The maximum absolute atomic E-state index is 13.7. The van der Waals surface area contributed by atoms with E-state index in [0.717, 1.165) is 36.2 Å². The first kappa shape index (κ1) is 18.1. The van der Waals surface area contributed by atoms with Crippen molar-refractivity contribution in [2.75, 3.05) is 26.2 Å². The second-order valence-corrected chi connectivity index (χ2v) is 5.04. The quantitative estimate of drug-likeness (QED) is 0.870. The van der Waals surface area contributed by atoms with Gasteiger partial charge < -0.3 is 5.32 Å². The van der Waals surface area contributed by atoms with E-state index in [4.69, 9.17) is 0 Å². The van der Waals surface area contributed by atoms with E-state index in [1.165, 1.54) is 6.07 Å². The molecule has 1 aliphatic heterocycles. The first-order valence-electron chi connectivity index (χ1n) is 5.58. The highest BCUT2D eigenvalue weighted by atomic mass is 79.9. The second-order valence-electron chi connectivity index (χ2n) is 4.13. The predicted octanol–water partition coefficient (Wildman–Crippen LogP) is 3.40. The molecular weight excluding hydrogens is 342 g/mol. The Morgan fingerprint density at radius 1 is 1.28 bits per heavy atom. The van der Waals surface area contributed by atoms with Crippen molar-refractivity contribution in [3.8, 4) is 0 Å². The van der Waals surface area contributed by atoms with Gasteiger partial charge in [0.25, 0.3) is 0 Å². The number of piperazine rings is 1. The molecule has 0 spiro atoms. The summed E-state index contributed by atoms with van der Waals surface area (Å²) >= 11 is 3.39. The van der Waals surface area contributed by atoms with Crippen molar-refractivity contribution in [1.82, 2.24) is 10.2 Å². The van der Waals surface area contributed by atoms with Gasteiger partial charge in [-0.2, -0.15) is 0 Å². The Labute approximate surface area is 128 Å². The van der Waals surface area contributed by atoms with E-state index in [0.29, 0.717) is 0 Å². The van der Waals surface area contributed by atoms with Crippen LogP contribution in [0.5, 0.6) is 0 Å². The van der Waals surface area contributed by atoms with Gasteiger partial charge in [-0.15, -0.1) is 24.8 Å². The zero-order valence-electron chi connectivity index (χ0n) is 10.2. The van der Waals surface area contributed by atoms with Crippen LogP contribution in [0.1, 0.15) is 18.5 Å². The molecular formula is C12H18BrCl2FN2. The van der Waals surface area contributed by atoms with Crippen LogP contribution in [-0.2, 0) is 0 Å². The van der Waals surface area contributed by atoms with Crippen LogP contribution in [0.4, 0.5) is 4.39 Å². The van der Waals surface area contributed by atoms with Crippen LogP contribution < -0.4 is 5.32 Å². The van der Waals surface area contributed by atoms with Crippen molar-refractivity contribution < 1.29 is 4.39 Å². The average molecular weight is 360 g/mol. The molecule has 2 rings (SSSR count). The summed E-state index contributed by atoms with van der Waals surface area (Å²) in [5.41, 5.74) is 0.774. The maximum atomic E-state index is 13.7. The number of rotatable bonds is 2. The van der Waals surface area contributed by atoms with E-state index in [-0.39, 0.29) is 36.7 Å². The van der Waals surface area contributed by atoms with E-state index in [1.54, 1.807) is 6.07 Å². The first-order valence-corrected chi connectivity index (χ1v) is 6.37. The highest BCUT2D eigenvalue weighted by molar-refractivity contribution is 9.10. The van der Waals surface area contributed by atoms with Gasteiger partial charge >= 0.3 is 0 Å². The van der Waals surface area contributed by atoms with Gasteiger partial charge in [0.05, 0.1) is 0 Å². The van der Waals surface area contributed by atoms with Crippen molar-refractivity contribution in [1.29, 1.82) is 0 Å². The molecule has 1 fully saturated rings. The van der Waals surface area contributed by atoms with Gasteiger partial charge in [0.1, 0.15) is 5.82 Å². The van der Waals surface area contributed by atoms with Gasteiger partial charge in [0, 0.05) is 42.3 Å². The molecule has 1 aromatic rings. The number of hydrogen-bond donors (Lipinski definition) is 1. The fourth-order valence-electron chi connectivity index (χ4n) is 2.10. The maximum Gasteiger partial charge on any atom is 0.128 e. The molecule has 0 aromatic heterocycles. The molecule has 104 valence electrons. The van der Waals surface area contributed by atoms with Crippen LogP contribution in [0.25, 0.3) is 0 Å². The van der Waals surface area contributed by atoms with Crippen molar-refractivity contribution in [2.45, 2.75) is 13.0 Å². The zero-order valence-corrected chi connectivity index (χ0v) is 13.4. The summed E-state index contributed by atoms with van der Waals surface area (Å²) in [5.74, 6) is -0.116. The molecule has 0 radical (unpaired) electrons. The summed E-state index contributed by atoms with van der Waals surface area (Å²) in [7, 11) is 0. The molecule has 18 heavy (non-hydrogen) atoms. The summed E-state index contributed by atoms with van der Waals surface area (Å²) in [6, 6.07) is 5.28. The summed E-state index contributed by atoms with van der Waals surface area (Å²) in [5, 5.41) is 3.30. The lowest BCUT2D eigenvalue weighted by molar-refractivity contribution is 0.182. The molecule has 0 unspecified atom stereocenters. The fourth-order valence-corrected chi connectivity index (χ4v) is 2.48. The van der Waals surface area contributed by atoms with Gasteiger partial charge in [-0.3, -0.25) is 4.90 Å². The second kappa shape index (κ2) is 8.33. The molecule has 6 heteroatoms. The van der Waals surface area contributed by atoms with E-state index in [9.17, 15) is 4.39 Å². The summed E-state index contributed by atoms with van der Waals surface area (Å²) in [6.07, 6.45) is 0. The Hall–Kier alpha value is 0.130. The van der Waals surface area contributed by atoms with Gasteiger partial charge in [0.2, 0.25) is 0 Å². The Balaban J connectivity index is 0.00000144. The van der Waals surface area contributed by atoms with Crippen molar-refractivity contribution >= 4 is 40.7 Å². The van der Waals surface area contributed by atoms with E-state index < -0.39 is 0 Å². The smallest absolute Gasteiger partial charge is 0.128 e. The molecule has 1 heterocycles. The third-order valence-electron chi connectivity index (χ3n) is 3.11. The zero-order chi connectivity index (χ0) is 11.5. The lowest BCUT2D eigenvalue weighted by Gasteiger charge is -2.33. The molecule has 2 nitrogen and oxygen atoms in total. The molecule has 0 bridgehead atoms. The fraction of sp³-hybridized carbons (Fsp3) is 0.500. The van der Waals surface area contributed by atoms with Gasteiger partial charge in [-0.05, 0) is 25.1 Å². The minimum Gasteiger partial charge on any atom is -0.314 e. The summed E-state index contributed by atoms with van der Waals surface area (Å²) in [6.45, 7) is 6.00. The van der Waals surface area contributed by atoms with Crippen LogP contribution in [-0.4, -0.2) is 31.1 Å². The van der Waals surface area contributed by atoms with Crippen LogP contribution in [0.3, 0.4) is 0 Å². The van der Waals surface area contributed by atoms with Crippen molar-refractivity contribution in [3.05, 3.63) is 34.1 Å². The van der Waals surface area contributed by atoms with Crippen LogP contribution >= 0.6 is 40.7 Å². The number of benzene rings is 1. The Morgan fingerprint density at radius 3 is 2.50 bits per heavy atom. The minimum atomic E-state index is -0.116. The third kappa shape index (κ3) is 4.35. The van der Waals surface area contributed by atoms with Crippen LogP contribution in [0.2, 0.25) is 0 Å². The monoisotopic (exact) mass is 358 g/mol. The molecule has 0 saturated carbocycles. The summed E-state index contributed by atoms with van der Waals surface area (Å²) in [4.78, 5) is 2.31. The molecule has 0 amide bonds. The van der Waals surface area contributed by atoms with E-state index in [1.807, 2.05) is 6.07 Å². The average Bonchev–Trinajstić information content (AvgIpc) is 2.32. The Kier molecular flexibility index (Phi) is 8.39. The van der Waals surface area contributed by atoms with Crippen molar-refractivity contribution in [2.24, 2.45) is 0 Å². The number of nitrogens with one attached hydrogen (secondary N) is 1. The SMILES string of the molecule is C[C@H](c1cc(Br)ccc1F)N1CCNCC1.Cl.Cl. The minimum absolute atomic E-state index is 0. The molecule has 1 N–H and O–H groups in total. The number of nitrogens with zero attached hydrogens (tertiary/aromatic N) is 1. The van der Waals surface area contributed by atoms with E-state index in [2.05, 4.69) is 33.1 Å². The lowest BCUT2D eigenvalue weighted by atomic mass is 10.1. The third-order valence-corrected chi connectivity index (χ3v) is 3.60. The van der Waals surface area contributed by atoms with Gasteiger partial charge in [-0.1, -0.05) is 15.9 Å². The highest BCUT2D eigenvalue weighted by Crippen LogP contribution is 2.26. The summed E-state index contributed by atoms with van der Waals surface area (Å²) < 4.78 is 14.6. The number of hydrogen-bond acceptors (Lipinski definition) is 2. The van der Waals surface area contributed by atoms with E-state index >= 15 is 0 Å².